The van der Waals surface area contributed by atoms with Crippen LogP contribution in [0.3, 0.4) is 0 Å². The second-order valence-corrected chi connectivity index (χ2v) is 5.36. The van der Waals surface area contributed by atoms with Gasteiger partial charge in [-0.25, -0.2) is 4.98 Å². The van der Waals surface area contributed by atoms with Crippen LogP contribution in [0, 0.1) is 0 Å². The summed E-state index contributed by atoms with van der Waals surface area (Å²) in [6, 6.07) is 10.6. The maximum Gasteiger partial charge on any atom is 0.150 e. The Morgan fingerprint density at radius 2 is 2.10 bits per heavy atom. The number of likely N-dealkylation sites (N-methyl/N-ethyl adjacent to an activating group) is 1. The van der Waals surface area contributed by atoms with Gasteiger partial charge in [0.25, 0.3) is 0 Å². The number of nitrogens with one attached hydrogen (secondary N) is 1. The Labute approximate surface area is 124 Å². The third kappa shape index (κ3) is 3.13. The fourth-order valence-corrected chi connectivity index (χ4v) is 2.51. The van der Waals surface area contributed by atoms with Gasteiger partial charge in [0.2, 0.25) is 0 Å². The lowest BCUT2D eigenvalue weighted by atomic mass is 10.2. The van der Waals surface area contributed by atoms with E-state index in [4.69, 9.17) is 0 Å². The van der Waals surface area contributed by atoms with Gasteiger partial charge in [-0.05, 0) is 24.6 Å². The summed E-state index contributed by atoms with van der Waals surface area (Å²) in [6.07, 6.45) is 3.03. The van der Waals surface area contributed by atoms with Crippen molar-refractivity contribution in [3.05, 3.63) is 48.2 Å². The molecule has 2 heterocycles. The van der Waals surface area contributed by atoms with E-state index in [2.05, 4.69) is 75.1 Å². The average Bonchev–Trinajstić information content (AvgIpc) is 3.11. The summed E-state index contributed by atoms with van der Waals surface area (Å²) in [5, 5.41) is 8.47. The van der Waals surface area contributed by atoms with E-state index >= 15 is 0 Å². The molecule has 3 rings (SSSR count). The van der Waals surface area contributed by atoms with E-state index in [1.807, 2.05) is 0 Å². The summed E-state index contributed by atoms with van der Waals surface area (Å²) >= 11 is 0. The Morgan fingerprint density at radius 3 is 2.90 bits per heavy atom. The molecule has 0 bridgehead atoms. The van der Waals surface area contributed by atoms with E-state index in [1.165, 1.54) is 10.9 Å². The van der Waals surface area contributed by atoms with Gasteiger partial charge in [0, 0.05) is 31.2 Å². The number of aromatic nitrogens is 4. The Hall–Kier alpha value is -2.14. The highest BCUT2D eigenvalue weighted by atomic mass is 15.2. The fourth-order valence-electron chi connectivity index (χ4n) is 2.51. The van der Waals surface area contributed by atoms with Crippen LogP contribution in [0.2, 0.25) is 0 Å². The Balaban J connectivity index is 1.59. The minimum atomic E-state index is 0.798. The lowest BCUT2D eigenvalue weighted by Crippen LogP contribution is -2.23. The summed E-state index contributed by atoms with van der Waals surface area (Å²) in [4.78, 5) is 6.71. The topological polar surface area (TPSA) is 49.7 Å². The third-order valence-electron chi connectivity index (χ3n) is 3.72. The van der Waals surface area contributed by atoms with Crippen molar-refractivity contribution in [1.29, 1.82) is 0 Å². The van der Waals surface area contributed by atoms with Crippen LogP contribution >= 0.6 is 0 Å². The molecule has 110 valence electrons. The van der Waals surface area contributed by atoms with Crippen LogP contribution in [0.4, 0.5) is 0 Å². The average molecular weight is 283 g/mol. The van der Waals surface area contributed by atoms with Gasteiger partial charge in [-0.1, -0.05) is 25.1 Å². The molecule has 0 unspecified atom stereocenters. The van der Waals surface area contributed by atoms with Crippen LogP contribution in [0.25, 0.3) is 10.9 Å². The van der Waals surface area contributed by atoms with Gasteiger partial charge >= 0.3 is 0 Å². The van der Waals surface area contributed by atoms with Crippen LogP contribution in [-0.4, -0.2) is 38.2 Å². The Kier molecular flexibility index (Phi) is 4.01. The maximum atomic E-state index is 4.45. The minimum absolute atomic E-state index is 0.798. The van der Waals surface area contributed by atoms with Crippen LogP contribution < -0.4 is 0 Å². The number of aryl methyl sites for hydroxylation is 1. The van der Waals surface area contributed by atoms with Crippen molar-refractivity contribution in [2.24, 2.45) is 0 Å². The van der Waals surface area contributed by atoms with Gasteiger partial charge in [-0.2, -0.15) is 5.10 Å². The van der Waals surface area contributed by atoms with E-state index in [9.17, 15) is 0 Å². The zero-order valence-electron chi connectivity index (χ0n) is 12.6. The van der Waals surface area contributed by atoms with E-state index in [1.54, 1.807) is 0 Å². The summed E-state index contributed by atoms with van der Waals surface area (Å²) in [6.45, 7) is 4.81. The molecule has 0 saturated heterocycles. The SMILES string of the molecule is CCc1n[nH]c(CN(C)CCn2ccc3ccccc32)n1. The highest BCUT2D eigenvalue weighted by Crippen LogP contribution is 2.14. The van der Waals surface area contributed by atoms with Crippen molar-refractivity contribution < 1.29 is 0 Å². The molecule has 3 aromatic rings. The van der Waals surface area contributed by atoms with Crippen molar-refractivity contribution in [2.45, 2.75) is 26.4 Å². The predicted molar refractivity (Wildman–Crippen MR) is 84.0 cm³/mol. The number of aromatic amines is 1. The number of fused-ring (bicyclic) bond motifs is 1. The van der Waals surface area contributed by atoms with Crippen LogP contribution in [0.5, 0.6) is 0 Å². The molecule has 5 nitrogen and oxygen atoms in total. The van der Waals surface area contributed by atoms with Crippen molar-refractivity contribution in [1.82, 2.24) is 24.6 Å². The Morgan fingerprint density at radius 1 is 1.24 bits per heavy atom. The molecule has 2 aromatic heterocycles. The van der Waals surface area contributed by atoms with Gasteiger partial charge in [0.15, 0.2) is 0 Å². The molecule has 1 aromatic carbocycles. The second kappa shape index (κ2) is 6.10. The largest absolute Gasteiger partial charge is 0.346 e. The molecule has 0 amide bonds. The third-order valence-corrected chi connectivity index (χ3v) is 3.72. The first-order valence-electron chi connectivity index (χ1n) is 7.39. The van der Waals surface area contributed by atoms with Crippen LogP contribution in [-0.2, 0) is 19.5 Å². The smallest absolute Gasteiger partial charge is 0.150 e. The molecule has 5 heteroatoms. The number of rotatable bonds is 6. The predicted octanol–water partition coefficient (Wildman–Crippen LogP) is 2.45. The zero-order chi connectivity index (χ0) is 14.7. The summed E-state index contributed by atoms with van der Waals surface area (Å²) in [7, 11) is 2.11. The molecule has 21 heavy (non-hydrogen) atoms. The summed E-state index contributed by atoms with van der Waals surface area (Å²) < 4.78 is 2.30. The van der Waals surface area contributed by atoms with E-state index < -0.39 is 0 Å². The van der Waals surface area contributed by atoms with Crippen molar-refractivity contribution >= 4 is 10.9 Å². The number of hydrogen-bond donors (Lipinski definition) is 1. The monoisotopic (exact) mass is 283 g/mol. The Bertz CT molecular complexity index is 712. The molecular weight excluding hydrogens is 262 g/mol. The molecule has 0 aliphatic heterocycles. The first kappa shape index (κ1) is 13.8. The first-order chi connectivity index (χ1) is 10.3. The molecule has 0 aliphatic rings. The normalized spacial score (nSPS) is 11.6. The lowest BCUT2D eigenvalue weighted by molar-refractivity contribution is 0.306. The first-order valence-corrected chi connectivity index (χ1v) is 7.39. The zero-order valence-corrected chi connectivity index (χ0v) is 12.6. The molecule has 0 saturated carbocycles. The van der Waals surface area contributed by atoms with Gasteiger partial charge in [-0.15, -0.1) is 0 Å². The van der Waals surface area contributed by atoms with Gasteiger partial charge in [-0.3, -0.25) is 10.00 Å². The van der Waals surface area contributed by atoms with Gasteiger partial charge in [0.05, 0.1) is 6.54 Å². The number of benzene rings is 1. The second-order valence-electron chi connectivity index (χ2n) is 5.36. The highest BCUT2D eigenvalue weighted by Gasteiger charge is 2.06. The molecule has 1 N–H and O–H groups in total. The molecular formula is C16H21N5. The minimum Gasteiger partial charge on any atom is -0.346 e. The molecule has 0 fully saturated rings. The molecule has 0 radical (unpaired) electrons. The standard InChI is InChI=1S/C16H21N5/c1-3-15-17-16(19-18-15)12-20(2)10-11-21-9-8-13-6-4-5-7-14(13)21/h4-9H,3,10-12H2,1-2H3,(H,17,18,19). The summed E-state index contributed by atoms with van der Waals surface area (Å²) in [5.74, 6) is 1.82. The summed E-state index contributed by atoms with van der Waals surface area (Å²) in [5.41, 5.74) is 1.29. The molecule has 0 aliphatic carbocycles. The lowest BCUT2D eigenvalue weighted by Gasteiger charge is -2.15. The molecule has 0 spiro atoms. The van der Waals surface area contributed by atoms with Crippen molar-refractivity contribution in [3.63, 3.8) is 0 Å². The van der Waals surface area contributed by atoms with Crippen LogP contribution in [0.1, 0.15) is 18.6 Å². The highest BCUT2D eigenvalue weighted by molar-refractivity contribution is 5.79. The maximum absolute atomic E-state index is 4.45. The number of nitrogens with zero attached hydrogens (tertiary/aromatic N) is 4. The quantitative estimate of drug-likeness (QED) is 0.756. The number of hydrogen-bond acceptors (Lipinski definition) is 3. The number of para-hydroxylation sites is 1. The van der Waals surface area contributed by atoms with Gasteiger partial charge < -0.3 is 4.57 Å². The van der Waals surface area contributed by atoms with Crippen LogP contribution in [0.15, 0.2) is 36.5 Å². The van der Waals surface area contributed by atoms with E-state index in [0.717, 1.165) is 37.7 Å². The van der Waals surface area contributed by atoms with E-state index in [0.29, 0.717) is 0 Å². The van der Waals surface area contributed by atoms with Gasteiger partial charge in [0.1, 0.15) is 11.6 Å². The van der Waals surface area contributed by atoms with Crippen molar-refractivity contribution in [2.75, 3.05) is 13.6 Å². The van der Waals surface area contributed by atoms with Crippen molar-refractivity contribution in [3.8, 4) is 0 Å². The number of H-pyrrole nitrogens is 1. The fraction of sp³-hybridized carbons (Fsp3) is 0.375. The van der Waals surface area contributed by atoms with E-state index in [-0.39, 0.29) is 0 Å². The molecule has 0 atom stereocenters.